The Morgan fingerprint density at radius 3 is 2.42 bits per heavy atom. The minimum absolute atomic E-state index is 0.0713. The van der Waals surface area contributed by atoms with E-state index in [2.05, 4.69) is 21.1 Å². The SMILES string of the molecule is CC(=O)Nc1ccc(S(=O)(=O)[C@H]2CS(=O)(=O)C[C@@H]2NCC(=O)Nc2cc(C)on2)cc1. The number of aromatic nitrogens is 1. The van der Waals surface area contributed by atoms with Gasteiger partial charge in [0.25, 0.3) is 0 Å². The number of rotatable bonds is 7. The topological polar surface area (TPSA) is 165 Å². The molecule has 1 saturated heterocycles. The zero-order chi connectivity index (χ0) is 22.8. The Hall–Kier alpha value is -2.77. The summed E-state index contributed by atoms with van der Waals surface area (Å²) >= 11 is 0. The lowest BCUT2D eigenvalue weighted by molar-refractivity contribution is -0.115. The van der Waals surface area contributed by atoms with Crippen LogP contribution in [0, 0.1) is 6.92 Å². The lowest BCUT2D eigenvalue weighted by atomic mass is 10.2. The molecule has 2 aromatic rings. The fourth-order valence-electron chi connectivity index (χ4n) is 3.25. The summed E-state index contributed by atoms with van der Waals surface area (Å²) in [4.78, 5) is 23.1. The fourth-order valence-corrected chi connectivity index (χ4v) is 7.97. The smallest absolute Gasteiger partial charge is 0.239 e. The molecule has 0 aliphatic carbocycles. The summed E-state index contributed by atoms with van der Waals surface area (Å²) in [6.45, 7) is 2.67. The van der Waals surface area contributed by atoms with E-state index in [4.69, 9.17) is 4.52 Å². The second kappa shape index (κ2) is 8.77. The Bertz CT molecular complexity index is 1190. The van der Waals surface area contributed by atoms with Gasteiger partial charge in [0.2, 0.25) is 11.8 Å². The largest absolute Gasteiger partial charge is 0.360 e. The van der Waals surface area contributed by atoms with Crippen molar-refractivity contribution in [3.8, 4) is 0 Å². The van der Waals surface area contributed by atoms with E-state index >= 15 is 0 Å². The van der Waals surface area contributed by atoms with Crippen molar-refractivity contribution in [2.75, 3.05) is 28.7 Å². The third-order valence-electron chi connectivity index (χ3n) is 4.62. The molecule has 1 aromatic heterocycles. The molecule has 2 heterocycles. The summed E-state index contributed by atoms with van der Waals surface area (Å²) < 4.78 is 55.4. The van der Waals surface area contributed by atoms with Crippen molar-refractivity contribution in [1.82, 2.24) is 10.5 Å². The molecule has 0 spiro atoms. The maximum atomic E-state index is 13.1. The fraction of sp³-hybridized carbons (Fsp3) is 0.389. The second-order valence-corrected chi connectivity index (χ2v) is 11.5. The molecule has 1 fully saturated rings. The highest BCUT2D eigenvalue weighted by molar-refractivity contribution is 7.96. The molecule has 3 N–H and O–H groups in total. The molecule has 1 aromatic carbocycles. The van der Waals surface area contributed by atoms with E-state index in [0.29, 0.717) is 11.4 Å². The highest BCUT2D eigenvalue weighted by atomic mass is 32.2. The van der Waals surface area contributed by atoms with Crippen molar-refractivity contribution in [2.45, 2.75) is 30.0 Å². The van der Waals surface area contributed by atoms with E-state index in [0.717, 1.165) is 0 Å². The minimum Gasteiger partial charge on any atom is -0.360 e. The number of anilines is 2. The van der Waals surface area contributed by atoms with E-state index in [9.17, 15) is 26.4 Å². The molecule has 168 valence electrons. The maximum absolute atomic E-state index is 13.1. The second-order valence-electron chi connectivity index (χ2n) is 7.22. The van der Waals surface area contributed by atoms with Crippen LogP contribution in [0.15, 0.2) is 39.8 Å². The van der Waals surface area contributed by atoms with Crippen LogP contribution in [0.2, 0.25) is 0 Å². The van der Waals surface area contributed by atoms with Gasteiger partial charge < -0.3 is 20.5 Å². The predicted molar refractivity (Wildman–Crippen MR) is 112 cm³/mol. The number of amides is 2. The number of carbonyl (C=O) groups excluding carboxylic acids is 2. The summed E-state index contributed by atoms with van der Waals surface area (Å²) in [7, 11) is -7.64. The molecule has 1 aliphatic rings. The van der Waals surface area contributed by atoms with Crippen LogP contribution in [0.1, 0.15) is 12.7 Å². The number of hydrogen-bond donors (Lipinski definition) is 3. The van der Waals surface area contributed by atoms with Gasteiger partial charge in [-0.15, -0.1) is 0 Å². The molecule has 2 atom stereocenters. The molecular weight excluding hydrogens is 448 g/mol. The van der Waals surface area contributed by atoms with Crippen LogP contribution in [-0.2, 0) is 29.3 Å². The van der Waals surface area contributed by atoms with E-state index in [1.165, 1.54) is 37.3 Å². The van der Waals surface area contributed by atoms with E-state index in [-0.39, 0.29) is 23.2 Å². The number of aryl methyl sites for hydroxylation is 1. The summed E-state index contributed by atoms with van der Waals surface area (Å²) in [5.74, 6) is -1.08. The summed E-state index contributed by atoms with van der Waals surface area (Å²) in [5.41, 5.74) is 0.417. The number of nitrogens with zero attached hydrogens (tertiary/aromatic N) is 1. The number of benzene rings is 1. The van der Waals surface area contributed by atoms with Crippen molar-refractivity contribution in [2.24, 2.45) is 0 Å². The molecule has 0 bridgehead atoms. The van der Waals surface area contributed by atoms with Gasteiger partial charge in [-0.05, 0) is 31.2 Å². The highest BCUT2D eigenvalue weighted by Crippen LogP contribution is 2.27. The molecule has 13 heteroatoms. The highest BCUT2D eigenvalue weighted by Gasteiger charge is 2.45. The standard InChI is InChI=1S/C18H22N4O7S2/c1-11-7-17(22-29-11)21-18(24)8-19-15-9-30(25,26)10-16(15)31(27,28)14-5-3-13(4-6-14)20-12(2)23/h3-7,15-16,19H,8-10H2,1-2H3,(H,20,23)(H,21,22,24)/t15-,16-/m0/s1. The first-order valence-corrected chi connectivity index (χ1v) is 12.6. The van der Waals surface area contributed by atoms with E-state index in [1.54, 1.807) is 6.92 Å². The van der Waals surface area contributed by atoms with Crippen molar-refractivity contribution < 1.29 is 30.9 Å². The number of sulfone groups is 2. The Morgan fingerprint density at radius 2 is 1.84 bits per heavy atom. The van der Waals surface area contributed by atoms with Gasteiger partial charge in [-0.1, -0.05) is 5.16 Å². The van der Waals surface area contributed by atoms with Crippen LogP contribution in [-0.4, -0.2) is 63.1 Å². The third kappa shape index (κ3) is 5.68. The van der Waals surface area contributed by atoms with Gasteiger partial charge in [0.1, 0.15) is 5.76 Å². The Kier molecular flexibility index (Phi) is 6.48. The third-order valence-corrected chi connectivity index (χ3v) is 8.79. The van der Waals surface area contributed by atoms with Gasteiger partial charge in [-0.25, -0.2) is 16.8 Å². The van der Waals surface area contributed by atoms with E-state index < -0.39 is 48.4 Å². The van der Waals surface area contributed by atoms with Crippen LogP contribution in [0.4, 0.5) is 11.5 Å². The zero-order valence-electron chi connectivity index (χ0n) is 16.8. The summed E-state index contributed by atoms with van der Waals surface area (Å²) in [6.07, 6.45) is 0. The number of nitrogens with one attached hydrogen (secondary N) is 3. The van der Waals surface area contributed by atoms with Crippen LogP contribution in [0.25, 0.3) is 0 Å². The van der Waals surface area contributed by atoms with Crippen molar-refractivity contribution in [3.05, 3.63) is 36.1 Å². The van der Waals surface area contributed by atoms with Gasteiger partial charge in [0.05, 0.1) is 28.2 Å². The maximum Gasteiger partial charge on any atom is 0.239 e. The first kappa shape index (κ1) is 22.9. The Labute approximate surface area is 179 Å². The number of hydrogen-bond acceptors (Lipinski definition) is 9. The van der Waals surface area contributed by atoms with Crippen molar-refractivity contribution in [1.29, 1.82) is 0 Å². The van der Waals surface area contributed by atoms with Crippen molar-refractivity contribution in [3.63, 3.8) is 0 Å². The summed E-state index contributed by atoms with van der Waals surface area (Å²) in [6, 6.07) is 6.01. The van der Waals surface area contributed by atoms with Gasteiger partial charge in [-0.3, -0.25) is 9.59 Å². The number of carbonyl (C=O) groups is 2. The molecular formula is C18H22N4O7S2. The monoisotopic (exact) mass is 470 g/mol. The molecule has 1 aliphatic heterocycles. The first-order chi connectivity index (χ1) is 14.5. The van der Waals surface area contributed by atoms with Gasteiger partial charge >= 0.3 is 0 Å². The van der Waals surface area contributed by atoms with Gasteiger partial charge in [0.15, 0.2) is 25.5 Å². The van der Waals surface area contributed by atoms with Crippen molar-refractivity contribution >= 4 is 43.0 Å². The van der Waals surface area contributed by atoms with Crippen LogP contribution < -0.4 is 16.0 Å². The minimum atomic E-state index is -4.02. The van der Waals surface area contributed by atoms with Crippen LogP contribution in [0.5, 0.6) is 0 Å². The lowest BCUT2D eigenvalue weighted by Gasteiger charge is -2.20. The normalized spacial score (nSPS) is 20.3. The Balaban J connectivity index is 1.73. The van der Waals surface area contributed by atoms with Gasteiger partial charge in [0, 0.05) is 24.7 Å². The van der Waals surface area contributed by atoms with E-state index in [1.807, 2.05) is 0 Å². The van der Waals surface area contributed by atoms with Crippen LogP contribution >= 0.6 is 0 Å². The molecule has 2 amide bonds. The molecule has 0 saturated carbocycles. The molecule has 31 heavy (non-hydrogen) atoms. The molecule has 3 rings (SSSR count). The first-order valence-electron chi connectivity index (χ1n) is 9.25. The average molecular weight is 471 g/mol. The predicted octanol–water partition coefficient (Wildman–Crippen LogP) is 0.109. The Morgan fingerprint density at radius 1 is 1.16 bits per heavy atom. The molecule has 0 unspecified atom stereocenters. The molecule has 0 radical (unpaired) electrons. The quantitative estimate of drug-likeness (QED) is 0.509. The molecule has 11 nitrogen and oxygen atoms in total. The lowest BCUT2D eigenvalue weighted by Crippen LogP contribution is -2.46. The summed E-state index contributed by atoms with van der Waals surface area (Å²) in [5, 5.41) is 10.1. The van der Waals surface area contributed by atoms with Gasteiger partial charge in [-0.2, -0.15) is 0 Å². The van der Waals surface area contributed by atoms with Crippen LogP contribution in [0.3, 0.4) is 0 Å². The zero-order valence-corrected chi connectivity index (χ0v) is 18.4. The average Bonchev–Trinajstić information content (AvgIpc) is 3.22.